The van der Waals surface area contributed by atoms with E-state index in [1.54, 1.807) is 24.3 Å². The van der Waals surface area contributed by atoms with Crippen LogP contribution in [0.2, 0.25) is 5.02 Å². The molecule has 0 heterocycles. The largest absolute Gasteiger partial charge is 0.489 e. The fourth-order valence-corrected chi connectivity index (χ4v) is 4.52. The van der Waals surface area contributed by atoms with E-state index in [-0.39, 0.29) is 24.8 Å². The number of rotatable bonds is 11. The first-order chi connectivity index (χ1) is 17.1. The van der Waals surface area contributed by atoms with Crippen molar-refractivity contribution in [3.8, 4) is 5.75 Å². The highest BCUT2D eigenvalue weighted by Crippen LogP contribution is 2.26. The van der Waals surface area contributed by atoms with Gasteiger partial charge in [0.2, 0.25) is 0 Å². The number of benzene rings is 3. The molecule has 0 aliphatic heterocycles. The minimum atomic E-state index is -0.907. The molecule has 2 N–H and O–H groups in total. The van der Waals surface area contributed by atoms with Crippen molar-refractivity contribution >= 4 is 23.5 Å². The Balaban J connectivity index is 1.88. The van der Waals surface area contributed by atoms with Gasteiger partial charge in [0, 0.05) is 17.0 Å². The molecular formula is C30H34ClNO4. The summed E-state index contributed by atoms with van der Waals surface area (Å²) in [6.07, 6.45) is 0.977. The van der Waals surface area contributed by atoms with Crippen molar-refractivity contribution in [3.63, 3.8) is 0 Å². The second-order valence-corrected chi connectivity index (χ2v) is 10.1. The summed E-state index contributed by atoms with van der Waals surface area (Å²) in [7, 11) is 0. The van der Waals surface area contributed by atoms with Crippen LogP contribution in [0.4, 0.5) is 0 Å². The van der Waals surface area contributed by atoms with Crippen molar-refractivity contribution in [2.24, 2.45) is 5.92 Å². The summed E-state index contributed by atoms with van der Waals surface area (Å²) in [5.74, 6) is -0.245. The number of aryl methyl sites for hydroxylation is 3. The topological polar surface area (TPSA) is 75.6 Å². The lowest BCUT2D eigenvalue weighted by molar-refractivity contribution is -0.136. The van der Waals surface area contributed by atoms with Gasteiger partial charge in [-0.25, -0.2) is 0 Å². The van der Waals surface area contributed by atoms with Gasteiger partial charge in [-0.15, -0.1) is 0 Å². The molecule has 0 bridgehead atoms. The van der Waals surface area contributed by atoms with Crippen molar-refractivity contribution in [1.29, 1.82) is 0 Å². The molecule has 190 valence electrons. The van der Waals surface area contributed by atoms with Gasteiger partial charge >= 0.3 is 5.97 Å². The zero-order valence-electron chi connectivity index (χ0n) is 21.3. The molecule has 0 radical (unpaired) electrons. The maximum atomic E-state index is 13.6. The lowest BCUT2D eigenvalue weighted by Crippen LogP contribution is -2.30. The molecule has 0 aliphatic rings. The SMILES string of the molecule is Cc1cc(C)cc(C(CC(C)C)NC(=O)c2cc(OCc3cccc(Cl)c3)ccc2CCC(=O)O)c1. The molecule has 0 saturated carbocycles. The van der Waals surface area contributed by atoms with Crippen molar-refractivity contribution in [2.45, 2.75) is 59.6 Å². The van der Waals surface area contributed by atoms with Gasteiger partial charge in [-0.1, -0.05) is 73.0 Å². The van der Waals surface area contributed by atoms with E-state index >= 15 is 0 Å². The normalized spacial score (nSPS) is 11.8. The van der Waals surface area contributed by atoms with E-state index in [4.69, 9.17) is 16.3 Å². The molecule has 0 saturated heterocycles. The van der Waals surface area contributed by atoms with Crippen LogP contribution in [0, 0.1) is 19.8 Å². The minimum absolute atomic E-state index is 0.0600. The predicted molar refractivity (Wildman–Crippen MR) is 144 cm³/mol. The van der Waals surface area contributed by atoms with E-state index in [0.717, 1.165) is 28.7 Å². The molecule has 5 nitrogen and oxygen atoms in total. The number of hydrogen-bond acceptors (Lipinski definition) is 3. The highest BCUT2D eigenvalue weighted by Gasteiger charge is 2.21. The van der Waals surface area contributed by atoms with Crippen molar-refractivity contribution in [3.05, 3.63) is 99.1 Å². The van der Waals surface area contributed by atoms with Crippen molar-refractivity contribution in [2.75, 3.05) is 0 Å². The molecule has 1 amide bonds. The lowest BCUT2D eigenvalue weighted by atomic mass is 9.93. The molecule has 0 aromatic heterocycles. The van der Waals surface area contributed by atoms with Crippen LogP contribution in [0.1, 0.15) is 70.9 Å². The first-order valence-corrected chi connectivity index (χ1v) is 12.6. The maximum Gasteiger partial charge on any atom is 0.303 e. The minimum Gasteiger partial charge on any atom is -0.489 e. The highest BCUT2D eigenvalue weighted by molar-refractivity contribution is 6.30. The number of carbonyl (C=O) groups excluding carboxylic acids is 1. The van der Waals surface area contributed by atoms with Gasteiger partial charge in [-0.05, 0) is 73.6 Å². The Hall–Kier alpha value is -3.31. The zero-order valence-corrected chi connectivity index (χ0v) is 22.1. The van der Waals surface area contributed by atoms with Crippen LogP contribution in [0.25, 0.3) is 0 Å². The number of hydrogen-bond donors (Lipinski definition) is 2. The molecular weight excluding hydrogens is 474 g/mol. The summed E-state index contributed by atoms with van der Waals surface area (Å²) in [5, 5.41) is 13.0. The van der Waals surface area contributed by atoms with Crippen LogP contribution in [0.3, 0.4) is 0 Å². The monoisotopic (exact) mass is 507 g/mol. The summed E-state index contributed by atoms with van der Waals surface area (Å²) in [4.78, 5) is 24.8. The Morgan fingerprint density at radius 1 is 1.00 bits per heavy atom. The fourth-order valence-electron chi connectivity index (χ4n) is 4.31. The van der Waals surface area contributed by atoms with Crippen LogP contribution < -0.4 is 10.1 Å². The number of carboxylic acids is 1. The molecule has 0 aliphatic carbocycles. The smallest absolute Gasteiger partial charge is 0.303 e. The second-order valence-electron chi connectivity index (χ2n) is 9.71. The first kappa shape index (κ1) is 27.3. The Morgan fingerprint density at radius 3 is 2.36 bits per heavy atom. The third kappa shape index (κ3) is 8.13. The van der Waals surface area contributed by atoms with Crippen molar-refractivity contribution in [1.82, 2.24) is 5.32 Å². The quantitative estimate of drug-likeness (QED) is 0.291. The Bertz CT molecular complexity index is 1200. The molecule has 3 aromatic rings. The van der Waals surface area contributed by atoms with Gasteiger partial charge in [0.1, 0.15) is 12.4 Å². The van der Waals surface area contributed by atoms with Crippen LogP contribution in [0.15, 0.2) is 60.7 Å². The average Bonchev–Trinajstić information content (AvgIpc) is 2.80. The number of amides is 1. The molecule has 0 spiro atoms. The molecule has 36 heavy (non-hydrogen) atoms. The zero-order chi connectivity index (χ0) is 26.2. The number of carbonyl (C=O) groups is 2. The molecule has 6 heteroatoms. The van der Waals surface area contributed by atoms with Crippen LogP contribution in [-0.2, 0) is 17.8 Å². The highest BCUT2D eigenvalue weighted by atomic mass is 35.5. The number of aliphatic carboxylic acids is 1. The van der Waals surface area contributed by atoms with Gasteiger partial charge in [0.25, 0.3) is 5.91 Å². The van der Waals surface area contributed by atoms with Crippen LogP contribution in [0.5, 0.6) is 5.75 Å². The fraction of sp³-hybridized carbons (Fsp3) is 0.333. The Kier molecular flexibility index (Phi) is 9.54. The predicted octanol–water partition coefficient (Wildman–Crippen LogP) is 7.07. The molecule has 1 atom stereocenters. The Morgan fingerprint density at radius 2 is 1.72 bits per heavy atom. The van der Waals surface area contributed by atoms with E-state index < -0.39 is 5.97 Å². The summed E-state index contributed by atoms with van der Waals surface area (Å²) >= 11 is 6.07. The lowest BCUT2D eigenvalue weighted by Gasteiger charge is -2.23. The van der Waals surface area contributed by atoms with Crippen LogP contribution >= 0.6 is 11.6 Å². The van der Waals surface area contributed by atoms with E-state index in [1.165, 1.54) is 0 Å². The summed E-state index contributed by atoms with van der Waals surface area (Å²) in [6.45, 7) is 8.66. The average molecular weight is 508 g/mol. The van der Waals surface area contributed by atoms with Gasteiger partial charge in [0.15, 0.2) is 0 Å². The second kappa shape index (κ2) is 12.6. The first-order valence-electron chi connectivity index (χ1n) is 12.2. The summed E-state index contributed by atoms with van der Waals surface area (Å²) < 4.78 is 5.95. The maximum absolute atomic E-state index is 13.6. The standard InChI is InChI=1S/C30H34ClNO4/c1-19(2)12-28(24-14-20(3)13-21(4)15-24)32-30(35)27-17-26(10-8-23(27)9-11-29(33)34)36-18-22-6-5-7-25(31)16-22/h5-8,10,13-17,19,28H,9,11-12,18H2,1-4H3,(H,32,35)(H,33,34). The Labute approximate surface area is 218 Å². The number of carboxylic acid groups (broad SMARTS) is 1. The van der Waals surface area contributed by atoms with Gasteiger partial charge in [0.05, 0.1) is 6.04 Å². The number of ether oxygens (including phenoxy) is 1. The third-order valence-electron chi connectivity index (χ3n) is 5.89. The number of halogens is 1. The van der Waals surface area contributed by atoms with Gasteiger partial charge in [-0.2, -0.15) is 0 Å². The summed E-state index contributed by atoms with van der Waals surface area (Å²) in [6, 6.07) is 18.8. The van der Waals surface area contributed by atoms with Crippen LogP contribution in [-0.4, -0.2) is 17.0 Å². The van der Waals surface area contributed by atoms with Crippen molar-refractivity contribution < 1.29 is 19.4 Å². The van der Waals surface area contributed by atoms with E-state index in [0.29, 0.717) is 34.4 Å². The van der Waals surface area contributed by atoms with Gasteiger partial charge in [-0.3, -0.25) is 9.59 Å². The van der Waals surface area contributed by atoms with E-state index in [9.17, 15) is 14.7 Å². The van der Waals surface area contributed by atoms with Gasteiger partial charge < -0.3 is 15.2 Å². The third-order valence-corrected chi connectivity index (χ3v) is 6.12. The molecule has 3 aromatic carbocycles. The van der Waals surface area contributed by atoms with E-state index in [2.05, 4.69) is 51.2 Å². The molecule has 1 unspecified atom stereocenters. The van der Waals surface area contributed by atoms with E-state index in [1.807, 2.05) is 18.2 Å². The number of nitrogens with one attached hydrogen (secondary N) is 1. The molecule has 0 fully saturated rings. The molecule has 3 rings (SSSR count). The summed E-state index contributed by atoms with van der Waals surface area (Å²) in [5.41, 5.74) is 5.37.